The van der Waals surface area contributed by atoms with Crippen molar-refractivity contribution in [1.29, 1.82) is 0 Å². The second-order valence-corrected chi connectivity index (χ2v) is 9.27. The van der Waals surface area contributed by atoms with Crippen LogP contribution in [0.5, 0.6) is 0 Å². The molecular weight excluding hydrogens is 400 g/mol. The summed E-state index contributed by atoms with van der Waals surface area (Å²) in [5.41, 5.74) is 0.204. The van der Waals surface area contributed by atoms with Gasteiger partial charge in [-0.2, -0.15) is 0 Å². The van der Waals surface area contributed by atoms with Crippen LogP contribution in [0.4, 0.5) is 0 Å². The number of piperazine rings is 2. The Morgan fingerprint density at radius 1 is 1.19 bits per heavy atom. The number of likely N-dealkylation sites (N-methyl/N-ethyl adjacent to an activating group) is 1. The van der Waals surface area contributed by atoms with Gasteiger partial charge in [0.15, 0.2) is 11.5 Å². The van der Waals surface area contributed by atoms with E-state index in [0.717, 1.165) is 39.1 Å². The zero-order chi connectivity index (χ0) is 21.9. The fourth-order valence-corrected chi connectivity index (χ4v) is 5.83. The summed E-state index contributed by atoms with van der Waals surface area (Å²) in [4.78, 5) is 33.4. The van der Waals surface area contributed by atoms with Crippen molar-refractivity contribution in [2.45, 2.75) is 31.2 Å². The number of rotatable bonds is 7. The maximum atomic E-state index is 13.5. The molecule has 3 fully saturated rings. The van der Waals surface area contributed by atoms with E-state index in [1.165, 1.54) is 0 Å². The molecule has 4 heterocycles. The molecule has 0 amide bonds. The largest absolute Gasteiger partial charge is 0.489 e. The molecule has 0 saturated carbocycles. The third-order valence-electron chi connectivity index (χ3n) is 7.62. The second kappa shape index (κ2) is 7.67. The van der Waals surface area contributed by atoms with Crippen molar-refractivity contribution in [1.82, 2.24) is 20.0 Å². The average molecular weight is 433 g/mol. The van der Waals surface area contributed by atoms with E-state index < -0.39 is 11.6 Å². The number of hydrogen-bond acceptors (Lipinski definition) is 9. The molecule has 9 nitrogen and oxygen atoms in total. The molecule has 170 valence electrons. The lowest BCUT2D eigenvalue weighted by molar-refractivity contribution is -0.137. The number of allylic oxidation sites excluding steroid dienone is 2. The van der Waals surface area contributed by atoms with E-state index in [0.29, 0.717) is 30.0 Å². The van der Waals surface area contributed by atoms with Gasteiger partial charge in [-0.3, -0.25) is 9.59 Å². The molecule has 9 heteroatoms. The van der Waals surface area contributed by atoms with Gasteiger partial charge in [0.05, 0.1) is 30.9 Å². The number of nitrogens with zero attached hydrogens (tertiary/aromatic N) is 3. The number of methoxy groups -OCH3 is 1. The van der Waals surface area contributed by atoms with E-state index in [9.17, 15) is 14.7 Å². The van der Waals surface area contributed by atoms with Gasteiger partial charge < -0.3 is 34.6 Å². The van der Waals surface area contributed by atoms with Crippen LogP contribution in [-0.4, -0.2) is 116 Å². The minimum Gasteiger partial charge on any atom is -0.489 e. The van der Waals surface area contributed by atoms with Crippen molar-refractivity contribution < 1.29 is 24.2 Å². The number of Topliss-reactive ketones (excluding diaryl/α,β-unsaturated/α-hetero) is 2. The van der Waals surface area contributed by atoms with Crippen molar-refractivity contribution in [3.63, 3.8) is 0 Å². The molecule has 4 unspecified atom stereocenters. The topological polar surface area (TPSA) is 104 Å². The van der Waals surface area contributed by atoms with E-state index in [1.54, 1.807) is 14.0 Å². The van der Waals surface area contributed by atoms with Crippen molar-refractivity contribution in [2.24, 2.45) is 5.92 Å². The van der Waals surface area contributed by atoms with Crippen LogP contribution in [0, 0.1) is 5.92 Å². The van der Waals surface area contributed by atoms with Gasteiger partial charge in [-0.15, -0.1) is 0 Å². The molecule has 4 atom stereocenters. The number of ketones is 2. The first kappa shape index (κ1) is 21.1. The van der Waals surface area contributed by atoms with E-state index >= 15 is 0 Å². The Hall–Kier alpha value is -1.78. The van der Waals surface area contributed by atoms with Crippen LogP contribution < -0.4 is 5.32 Å². The quantitative estimate of drug-likeness (QED) is 0.296. The third-order valence-corrected chi connectivity index (χ3v) is 7.62. The van der Waals surface area contributed by atoms with Crippen LogP contribution in [0.1, 0.15) is 13.3 Å². The zero-order valence-corrected chi connectivity index (χ0v) is 18.5. The Morgan fingerprint density at radius 2 is 1.94 bits per heavy atom. The minimum atomic E-state index is -0.882. The highest BCUT2D eigenvalue weighted by Gasteiger charge is 2.72. The van der Waals surface area contributed by atoms with Gasteiger partial charge in [0.25, 0.3) is 0 Å². The van der Waals surface area contributed by atoms with Crippen molar-refractivity contribution >= 4 is 11.6 Å². The van der Waals surface area contributed by atoms with Crippen molar-refractivity contribution in [2.75, 3.05) is 66.6 Å². The van der Waals surface area contributed by atoms with Gasteiger partial charge in [-0.1, -0.05) is 0 Å². The average Bonchev–Trinajstić information content (AvgIpc) is 3.38. The number of ether oxygens (including phenoxy) is 2. The number of aliphatic hydroxyl groups is 1. The highest BCUT2D eigenvalue weighted by Crippen LogP contribution is 2.55. The summed E-state index contributed by atoms with van der Waals surface area (Å²) in [6, 6.07) is 0.233. The predicted molar refractivity (Wildman–Crippen MR) is 112 cm³/mol. The van der Waals surface area contributed by atoms with Gasteiger partial charge in [-0.05, 0) is 20.4 Å². The molecule has 31 heavy (non-hydrogen) atoms. The number of nitrogens with one attached hydrogen (secondary N) is 1. The first-order valence-corrected chi connectivity index (χ1v) is 11.2. The standard InChI is InChI=1S/C22H32N4O5/c1-13-18(28)17-16(14(12-27)22(30-3)21-15(23-21)11-26(17)22)19(29)20(13)31-10-4-5-25-8-6-24(2)7-9-25/h14-15,21,23,27H,4-12H2,1-3H3. The number of hydrogen-bond donors (Lipinski definition) is 2. The smallest absolute Gasteiger partial charge is 0.226 e. The van der Waals surface area contributed by atoms with E-state index in [-0.39, 0.29) is 36.0 Å². The number of carbonyl (C=O) groups excluding carboxylic acids is 2. The van der Waals surface area contributed by atoms with Crippen LogP contribution in [0.15, 0.2) is 22.6 Å². The number of carbonyl (C=O) groups is 2. The predicted octanol–water partition coefficient (Wildman–Crippen LogP) is -1.06. The molecule has 4 aliphatic heterocycles. The first-order valence-electron chi connectivity index (χ1n) is 11.2. The van der Waals surface area contributed by atoms with Crippen LogP contribution in [0.2, 0.25) is 0 Å². The molecule has 0 bridgehead atoms. The minimum absolute atomic E-state index is 0.00844. The van der Waals surface area contributed by atoms with Crippen LogP contribution in [-0.2, 0) is 19.1 Å². The molecule has 0 radical (unpaired) electrons. The lowest BCUT2D eigenvalue weighted by Crippen LogP contribution is -2.54. The van der Waals surface area contributed by atoms with Crippen LogP contribution >= 0.6 is 0 Å². The molecular formula is C22H32N4O5. The summed E-state index contributed by atoms with van der Waals surface area (Å²) >= 11 is 0. The second-order valence-electron chi connectivity index (χ2n) is 9.27. The lowest BCUT2D eigenvalue weighted by atomic mass is 9.83. The molecule has 1 aliphatic carbocycles. The van der Waals surface area contributed by atoms with E-state index in [4.69, 9.17) is 9.47 Å². The molecule has 0 spiro atoms. The molecule has 0 aromatic rings. The molecule has 3 saturated heterocycles. The van der Waals surface area contributed by atoms with Gasteiger partial charge in [0.2, 0.25) is 11.6 Å². The van der Waals surface area contributed by atoms with Gasteiger partial charge >= 0.3 is 0 Å². The van der Waals surface area contributed by atoms with Gasteiger partial charge in [-0.25, -0.2) is 0 Å². The van der Waals surface area contributed by atoms with Crippen molar-refractivity contribution in [3.05, 3.63) is 22.6 Å². The van der Waals surface area contributed by atoms with Gasteiger partial charge in [0.1, 0.15) is 0 Å². The van der Waals surface area contributed by atoms with E-state index in [2.05, 4.69) is 22.2 Å². The Balaban J connectivity index is 1.30. The lowest BCUT2D eigenvalue weighted by Gasteiger charge is -2.39. The Kier molecular flexibility index (Phi) is 5.22. The molecule has 5 aliphatic rings. The fourth-order valence-electron chi connectivity index (χ4n) is 5.83. The van der Waals surface area contributed by atoms with Crippen LogP contribution in [0.25, 0.3) is 0 Å². The summed E-state index contributed by atoms with van der Waals surface area (Å²) in [7, 11) is 3.71. The molecule has 5 rings (SSSR count). The van der Waals surface area contributed by atoms with Gasteiger partial charge in [0, 0.05) is 63.6 Å². The van der Waals surface area contributed by atoms with Crippen molar-refractivity contribution in [3.8, 4) is 0 Å². The maximum Gasteiger partial charge on any atom is 0.226 e. The fraction of sp³-hybridized carbons (Fsp3) is 0.727. The Labute approximate surface area is 182 Å². The summed E-state index contributed by atoms with van der Waals surface area (Å²) in [6.45, 7) is 7.49. The highest BCUT2D eigenvalue weighted by molar-refractivity contribution is 6.25. The summed E-state index contributed by atoms with van der Waals surface area (Å²) < 4.78 is 11.8. The summed E-state index contributed by atoms with van der Waals surface area (Å²) in [6.07, 6.45) is 0.791. The first-order chi connectivity index (χ1) is 14.9. The number of aliphatic hydroxyl groups excluding tert-OH is 1. The zero-order valence-electron chi connectivity index (χ0n) is 18.5. The van der Waals surface area contributed by atoms with E-state index in [1.807, 2.05) is 4.90 Å². The molecule has 0 aromatic carbocycles. The normalized spacial score (nSPS) is 35.6. The monoisotopic (exact) mass is 432 g/mol. The third kappa shape index (κ3) is 3.01. The Bertz CT molecular complexity index is 862. The SMILES string of the molecule is COC12C(CO)C3=C(C(=O)C(C)=C(OCCCN4CCN(C)CC4)C3=O)N1CC1NC12. The summed E-state index contributed by atoms with van der Waals surface area (Å²) in [5, 5.41) is 13.6. The molecule has 2 N–H and O–H groups in total. The molecule has 0 aromatic heterocycles. The summed E-state index contributed by atoms with van der Waals surface area (Å²) in [5.74, 6) is -0.921. The number of fused-ring (bicyclic) bond motifs is 4. The maximum absolute atomic E-state index is 13.5. The highest BCUT2D eigenvalue weighted by atomic mass is 16.5. The Morgan fingerprint density at radius 3 is 2.61 bits per heavy atom. The van der Waals surface area contributed by atoms with Crippen LogP contribution in [0.3, 0.4) is 0 Å².